The minimum atomic E-state index is -0.378. The summed E-state index contributed by atoms with van der Waals surface area (Å²) in [5, 5.41) is 5.23. The van der Waals surface area contributed by atoms with Crippen LogP contribution in [0.25, 0.3) is 11.3 Å². The number of unbranched alkanes of at least 4 members (excludes halogenated alkanes) is 1. The molecule has 0 bridgehead atoms. The van der Waals surface area contributed by atoms with E-state index in [9.17, 15) is 9.59 Å². The van der Waals surface area contributed by atoms with Gasteiger partial charge in [0.25, 0.3) is 5.56 Å². The van der Waals surface area contributed by atoms with Crippen LogP contribution in [-0.2, 0) is 0 Å². The molecule has 0 radical (unpaired) electrons. The second-order valence-corrected chi connectivity index (χ2v) is 4.58. The Labute approximate surface area is 122 Å². The lowest BCUT2D eigenvalue weighted by atomic mass is 10.1. The molecule has 0 saturated carbocycles. The SMILES string of the molecule is CCCCNC(=O)Nc1nc(-c2ccccc2)cc(=O)[nH]1. The zero-order valence-corrected chi connectivity index (χ0v) is 11.8. The van der Waals surface area contributed by atoms with E-state index in [-0.39, 0.29) is 17.5 Å². The highest BCUT2D eigenvalue weighted by Gasteiger charge is 2.06. The standard InChI is InChI=1S/C15H18N4O2/c1-2-3-9-16-15(21)19-14-17-12(10-13(20)18-14)11-7-5-4-6-8-11/h4-8,10H,2-3,9H2,1H3,(H3,16,17,18,19,20,21). The number of anilines is 1. The van der Waals surface area contributed by atoms with Crippen molar-refractivity contribution >= 4 is 12.0 Å². The van der Waals surface area contributed by atoms with Gasteiger partial charge in [0.2, 0.25) is 5.95 Å². The van der Waals surface area contributed by atoms with Crippen molar-refractivity contribution in [3.05, 3.63) is 46.8 Å². The first kappa shape index (κ1) is 14.8. The number of nitrogens with zero attached hydrogens (tertiary/aromatic N) is 1. The van der Waals surface area contributed by atoms with E-state index in [0.717, 1.165) is 18.4 Å². The van der Waals surface area contributed by atoms with Gasteiger partial charge < -0.3 is 5.32 Å². The maximum Gasteiger partial charge on any atom is 0.321 e. The zero-order chi connectivity index (χ0) is 15.1. The molecule has 0 spiro atoms. The van der Waals surface area contributed by atoms with Crippen LogP contribution in [0, 0.1) is 0 Å². The summed E-state index contributed by atoms with van der Waals surface area (Å²) in [7, 11) is 0. The Morgan fingerprint density at radius 3 is 2.76 bits per heavy atom. The maximum absolute atomic E-state index is 11.7. The van der Waals surface area contributed by atoms with E-state index in [1.54, 1.807) is 0 Å². The van der Waals surface area contributed by atoms with Crippen LogP contribution in [0.3, 0.4) is 0 Å². The number of carbonyl (C=O) groups is 1. The number of H-pyrrole nitrogens is 1. The lowest BCUT2D eigenvalue weighted by Crippen LogP contribution is -2.31. The number of hydrogen-bond donors (Lipinski definition) is 3. The van der Waals surface area contributed by atoms with Crippen LogP contribution in [-0.4, -0.2) is 22.5 Å². The van der Waals surface area contributed by atoms with Gasteiger partial charge in [-0.05, 0) is 6.42 Å². The number of hydrogen-bond acceptors (Lipinski definition) is 3. The molecule has 0 fully saturated rings. The molecular weight excluding hydrogens is 268 g/mol. The molecule has 1 heterocycles. The average molecular weight is 286 g/mol. The highest BCUT2D eigenvalue weighted by molar-refractivity contribution is 5.87. The van der Waals surface area contributed by atoms with Gasteiger partial charge >= 0.3 is 6.03 Å². The summed E-state index contributed by atoms with van der Waals surface area (Å²) < 4.78 is 0. The summed E-state index contributed by atoms with van der Waals surface area (Å²) in [4.78, 5) is 30.1. The van der Waals surface area contributed by atoms with Gasteiger partial charge in [-0.3, -0.25) is 15.1 Å². The zero-order valence-electron chi connectivity index (χ0n) is 11.8. The van der Waals surface area contributed by atoms with Crippen LogP contribution in [0.2, 0.25) is 0 Å². The van der Waals surface area contributed by atoms with Crippen molar-refractivity contribution in [2.75, 3.05) is 11.9 Å². The second kappa shape index (κ2) is 7.23. The first-order valence-electron chi connectivity index (χ1n) is 6.90. The topological polar surface area (TPSA) is 86.9 Å². The normalized spacial score (nSPS) is 10.1. The van der Waals surface area contributed by atoms with Gasteiger partial charge in [0.05, 0.1) is 5.69 Å². The van der Waals surface area contributed by atoms with E-state index in [0.29, 0.717) is 12.2 Å². The molecule has 6 heteroatoms. The summed E-state index contributed by atoms with van der Waals surface area (Å²) >= 11 is 0. The number of aromatic amines is 1. The summed E-state index contributed by atoms with van der Waals surface area (Å²) in [6.07, 6.45) is 1.90. The van der Waals surface area contributed by atoms with Crippen LogP contribution >= 0.6 is 0 Å². The van der Waals surface area contributed by atoms with E-state index < -0.39 is 0 Å². The number of benzene rings is 1. The van der Waals surface area contributed by atoms with Crippen molar-refractivity contribution in [1.29, 1.82) is 0 Å². The molecule has 1 aromatic carbocycles. The number of carbonyl (C=O) groups excluding carboxylic acids is 1. The number of nitrogens with one attached hydrogen (secondary N) is 3. The fourth-order valence-electron chi connectivity index (χ4n) is 1.80. The highest BCUT2D eigenvalue weighted by Crippen LogP contribution is 2.15. The molecule has 6 nitrogen and oxygen atoms in total. The van der Waals surface area contributed by atoms with Crippen LogP contribution in [0.5, 0.6) is 0 Å². The Bertz CT molecular complexity index is 652. The quantitative estimate of drug-likeness (QED) is 0.737. The van der Waals surface area contributed by atoms with E-state index >= 15 is 0 Å². The molecule has 0 aliphatic carbocycles. The summed E-state index contributed by atoms with van der Waals surface area (Å²) in [5.74, 6) is 0.135. The molecule has 0 aliphatic heterocycles. The molecule has 0 aliphatic rings. The van der Waals surface area contributed by atoms with Crippen molar-refractivity contribution in [3.8, 4) is 11.3 Å². The molecule has 3 N–H and O–H groups in total. The van der Waals surface area contributed by atoms with Crippen molar-refractivity contribution in [2.45, 2.75) is 19.8 Å². The summed E-state index contributed by atoms with van der Waals surface area (Å²) in [6, 6.07) is 10.3. The third-order valence-corrected chi connectivity index (χ3v) is 2.86. The predicted molar refractivity (Wildman–Crippen MR) is 82.2 cm³/mol. The average Bonchev–Trinajstić information content (AvgIpc) is 2.48. The molecule has 2 rings (SSSR count). The smallest absolute Gasteiger partial charge is 0.321 e. The van der Waals surface area contributed by atoms with Crippen LogP contribution < -0.4 is 16.2 Å². The minimum absolute atomic E-state index is 0.135. The number of aromatic nitrogens is 2. The Hall–Kier alpha value is -2.63. The van der Waals surface area contributed by atoms with Crippen molar-refractivity contribution in [2.24, 2.45) is 0 Å². The fourth-order valence-corrected chi connectivity index (χ4v) is 1.80. The third-order valence-electron chi connectivity index (χ3n) is 2.86. The molecule has 2 aromatic rings. The largest absolute Gasteiger partial charge is 0.338 e. The van der Waals surface area contributed by atoms with Gasteiger partial charge in [-0.1, -0.05) is 43.7 Å². The van der Waals surface area contributed by atoms with Gasteiger partial charge in [0, 0.05) is 18.2 Å². The molecule has 21 heavy (non-hydrogen) atoms. The van der Waals surface area contributed by atoms with Gasteiger partial charge in [0.15, 0.2) is 0 Å². The van der Waals surface area contributed by atoms with Crippen molar-refractivity contribution < 1.29 is 4.79 Å². The number of urea groups is 1. The molecule has 110 valence electrons. The van der Waals surface area contributed by atoms with Crippen LogP contribution in [0.1, 0.15) is 19.8 Å². The van der Waals surface area contributed by atoms with E-state index in [1.807, 2.05) is 37.3 Å². The number of amides is 2. The Balaban J connectivity index is 2.12. The summed E-state index contributed by atoms with van der Waals surface area (Å²) in [5.41, 5.74) is 1.02. The van der Waals surface area contributed by atoms with Gasteiger partial charge in [0.1, 0.15) is 0 Å². The third kappa shape index (κ3) is 4.45. The van der Waals surface area contributed by atoms with Gasteiger partial charge in [-0.25, -0.2) is 9.78 Å². The molecule has 0 saturated heterocycles. The second-order valence-electron chi connectivity index (χ2n) is 4.58. The molecule has 2 amide bonds. The highest BCUT2D eigenvalue weighted by atomic mass is 16.2. The first-order valence-corrected chi connectivity index (χ1v) is 6.90. The van der Waals surface area contributed by atoms with Crippen LogP contribution in [0.4, 0.5) is 10.7 Å². The molecule has 0 atom stereocenters. The Morgan fingerprint density at radius 2 is 2.05 bits per heavy atom. The predicted octanol–water partition coefficient (Wildman–Crippen LogP) is 2.36. The molecule has 1 aromatic heterocycles. The molecular formula is C15H18N4O2. The van der Waals surface area contributed by atoms with Gasteiger partial charge in [-0.2, -0.15) is 0 Å². The lowest BCUT2D eigenvalue weighted by Gasteiger charge is -2.07. The van der Waals surface area contributed by atoms with Crippen molar-refractivity contribution in [3.63, 3.8) is 0 Å². The van der Waals surface area contributed by atoms with Gasteiger partial charge in [-0.15, -0.1) is 0 Å². The Morgan fingerprint density at radius 1 is 1.29 bits per heavy atom. The van der Waals surface area contributed by atoms with E-state index in [1.165, 1.54) is 6.07 Å². The van der Waals surface area contributed by atoms with Crippen LogP contribution in [0.15, 0.2) is 41.2 Å². The maximum atomic E-state index is 11.7. The first-order chi connectivity index (χ1) is 10.2. The fraction of sp³-hybridized carbons (Fsp3) is 0.267. The Kier molecular flexibility index (Phi) is 5.09. The number of rotatable bonds is 5. The van der Waals surface area contributed by atoms with E-state index in [2.05, 4.69) is 20.6 Å². The monoisotopic (exact) mass is 286 g/mol. The van der Waals surface area contributed by atoms with E-state index in [4.69, 9.17) is 0 Å². The summed E-state index contributed by atoms with van der Waals surface area (Å²) in [6.45, 7) is 2.63. The lowest BCUT2D eigenvalue weighted by molar-refractivity contribution is 0.252. The minimum Gasteiger partial charge on any atom is -0.338 e. The molecule has 0 unspecified atom stereocenters. The van der Waals surface area contributed by atoms with Crippen molar-refractivity contribution in [1.82, 2.24) is 15.3 Å².